The van der Waals surface area contributed by atoms with Crippen molar-refractivity contribution in [3.63, 3.8) is 0 Å². The van der Waals surface area contributed by atoms with Crippen LogP contribution in [0, 0.1) is 0 Å². The number of carboxylic acid groups (broad SMARTS) is 1. The maximum atomic E-state index is 11.4. The van der Waals surface area contributed by atoms with E-state index in [4.69, 9.17) is 19.9 Å². The highest BCUT2D eigenvalue weighted by Crippen LogP contribution is 2.38. The summed E-state index contributed by atoms with van der Waals surface area (Å²) in [6.07, 6.45) is 0. The molecule has 2 aromatic carbocycles. The molecule has 2 rings (SSSR count). The van der Waals surface area contributed by atoms with Gasteiger partial charge in [-0.15, -0.1) is 0 Å². The van der Waals surface area contributed by atoms with E-state index in [2.05, 4.69) is 0 Å². The molecule has 0 amide bonds. The van der Waals surface area contributed by atoms with Crippen LogP contribution in [0.3, 0.4) is 0 Å². The molecule has 0 saturated heterocycles. The fourth-order valence-electron chi connectivity index (χ4n) is 2.65. The predicted molar refractivity (Wildman–Crippen MR) is 94.6 cm³/mol. The smallest absolute Gasteiger partial charge is 0.310 e. The zero-order valence-electron chi connectivity index (χ0n) is 14.8. The molecule has 3 N–H and O–H groups in total. The summed E-state index contributed by atoms with van der Waals surface area (Å²) in [5.74, 6) is 0.0619. The lowest BCUT2D eigenvalue weighted by Gasteiger charge is -2.21. The van der Waals surface area contributed by atoms with Gasteiger partial charge < -0.3 is 25.1 Å². The second-order valence-electron chi connectivity index (χ2n) is 5.65. The Hall–Kier alpha value is -2.73. The molecule has 2 atom stereocenters. The summed E-state index contributed by atoms with van der Waals surface area (Å²) in [6.45, 7) is 1.61. The Morgan fingerprint density at radius 2 is 1.52 bits per heavy atom. The van der Waals surface area contributed by atoms with Gasteiger partial charge in [-0.05, 0) is 30.7 Å². The number of ether oxygens (including phenoxy) is 3. The second-order valence-corrected chi connectivity index (χ2v) is 5.65. The first-order chi connectivity index (χ1) is 11.9. The zero-order valence-corrected chi connectivity index (χ0v) is 14.8. The lowest BCUT2D eigenvalue weighted by Crippen LogP contribution is -2.16. The van der Waals surface area contributed by atoms with Crippen molar-refractivity contribution in [2.45, 2.75) is 18.9 Å². The summed E-state index contributed by atoms with van der Waals surface area (Å²) >= 11 is 0. The van der Waals surface area contributed by atoms with E-state index in [-0.39, 0.29) is 0 Å². The van der Waals surface area contributed by atoms with Gasteiger partial charge >= 0.3 is 5.97 Å². The van der Waals surface area contributed by atoms with E-state index in [1.54, 1.807) is 33.3 Å². The van der Waals surface area contributed by atoms with Gasteiger partial charge in [0.1, 0.15) is 17.2 Å². The SMILES string of the molecule is COc1ccc(C(N)c2cc(C(C)C(=O)O)c(OC)cc2OC)cc1. The molecular formula is C19H23NO5. The molecule has 0 fully saturated rings. The van der Waals surface area contributed by atoms with Gasteiger partial charge in [0, 0.05) is 17.2 Å². The average molecular weight is 345 g/mol. The van der Waals surface area contributed by atoms with Crippen LogP contribution < -0.4 is 19.9 Å². The van der Waals surface area contributed by atoms with Gasteiger partial charge in [-0.25, -0.2) is 0 Å². The molecule has 0 aliphatic heterocycles. The molecule has 0 bridgehead atoms. The summed E-state index contributed by atoms with van der Waals surface area (Å²) in [5.41, 5.74) is 8.51. The van der Waals surface area contributed by atoms with E-state index in [0.29, 0.717) is 22.6 Å². The number of carboxylic acids is 1. The van der Waals surface area contributed by atoms with Crippen LogP contribution >= 0.6 is 0 Å². The fraction of sp³-hybridized carbons (Fsp3) is 0.316. The lowest BCUT2D eigenvalue weighted by atomic mass is 9.92. The van der Waals surface area contributed by atoms with Gasteiger partial charge in [-0.2, -0.15) is 0 Å². The van der Waals surface area contributed by atoms with Crippen molar-refractivity contribution >= 4 is 5.97 Å². The van der Waals surface area contributed by atoms with Crippen molar-refractivity contribution in [3.05, 3.63) is 53.1 Å². The molecule has 0 radical (unpaired) electrons. The van der Waals surface area contributed by atoms with Crippen molar-refractivity contribution < 1.29 is 24.1 Å². The topological polar surface area (TPSA) is 91.0 Å². The maximum Gasteiger partial charge on any atom is 0.310 e. The average Bonchev–Trinajstić information content (AvgIpc) is 2.65. The van der Waals surface area contributed by atoms with E-state index in [1.165, 1.54) is 7.11 Å². The number of hydrogen-bond acceptors (Lipinski definition) is 5. The van der Waals surface area contributed by atoms with Crippen LogP contribution in [0.1, 0.15) is 35.6 Å². The second kappa shape index (κ2) is 7.90. The number of nitrogens with two attached hydrogens (primary N) is 1. The molecule has 0 heterocycles. The summed E-state index contributed by atoms with van der Waals surface area (Å²) in [5, 5.41) is 9.35. The predicted octanol–water partition coefficient (Wildman–Crippen LogP) is 2.95. The van der Waals surface area contributed by atoms with Gasteiger partial charge in [0.25, 0.3) is 0 Å². The van der Waals surface area contributed by atoms with Gasteiger partial charge in [0.2, 0.25) is 0 Å². The molecule has 2 aromatic rings. The van der Waals surface area contributed by atoms with Crippen molar-refractivity contribution in [1.29, 1.82) is 0 Å². The molecule has 0 aromatic heterocycles. The highest BCUT2D eigenvalue weighted by atomic mass is 16.5. The Labute approximate surface area is 147 Å². The molecule has 0 aliphatic rings. The number of methoxy groups -OCH3 is 3. The van der Waals surface area contributed by atoms with Crippen LogP contribution in [0.25, 0.3) is 0 Å². The van der Waals surface area contributed by atoms with Crippen LogP contribution in [0.15, 0.2) is 36.4 Å². The van der Waals surface area contributed by atoms with Crippen LogP contribution in [-0.4, -0.2) is 32.4 Å². The first kappa shape index (κ1) is 18.6. The van der Waals surface area contributed by atoms with Crippen molar-refractivity contribution in [3.8, 4) is 17.2 Å². The van der Waals surface area contributed by atoms with Crippen LogP contribution in [0.5, 0.6) is 17.2 Å². The Morgan fingerprint density at radius 3 is 2.00 bits per heavy atom. The van der Waals surface area contributed by atoms with Gasteiger partial charge in [-0.3, -0.25) is 4.79 Å². The van der Waals surface area contributed by atoms with Crippen molar-refractivity contribution in [2.24, 2.45) is 5.73 Å². The Balaban J connectivity index is 2.53. The third-order valence-corrected chi connectivity index (χ3v) is 4.23. The van der Waals surface area contributed by atoms with E-state index >= 15 is 0 Å². The Bertz CT molecular complexity index is 742. The molecule has 0 spiro atoms. The number of aliphatic carboxylic acids is 1. The van der Waals surface area contributed by atoms with E-state index in [9.17, 15) is 9.90 Å². The first-order valence-electron chi connectivity index (χ1n) is 7.81. The molecule has 0 saturated carbocycles. The molecule has 134 valence electrons. The van der Waals surface area contributed by atoms with Crippen LogP contribution in [0.4, 0.5) is 0 Å². The monoisotopic (exact) mass is 345 g/mol. The molecule has 6 nitrogen and oxygen atoms in total. The standard InChI is InChI=1S/C19H23NO5/c1-11(19(21)22)14-9-15(17(25-4)10-16(14)24-3)18(20)12-5-7-13(23-2)8-6-12/h5-11,18H,20H2,1-4H3,(H,21,22). The molecule has 25 heavy (non-hydrogen) atoms. The Morgan fingerprint density at radius 1 is 0.960 bits per heavy atom. The lowest BCUT2D eigenvalue weighted by molar-refractivity contribution is -0.138. The van der Waals surface area contributed by atoms with Crippen LogP contribution in [0.2, 0.25) is 0 Å². The third-order valence-electron chi connectivity index (χ3n) is 4.23. The van der Waals surface area contributed by atoms with Crippen molar-refractivity contribution in [2.75, 3.05) is 21.3 Å². The molecule has 0 aliphatic carbocycles. The number of rotatable bonds is 7. The summed E-state index contributed by atoms with van der Waals surface area (Å²) in [7, 11) is 4.64. The van der Waals surface area contributed by atoms with Crippen molar-refractivity contribution in [1.82, 2.24) is 0 Å². The van der Waals surface area contributed by atoms with Gasteiger partial charge in [0.05, 0.1) is 33.3 Å². The normalized spacial score (nSPS) is 13.0. The molecular weight excluding hydrogens is 322 g/mol. The quantitative estimate of drug-likeness (QED) is 0.802. The molecule has 2 unspecified atom stereocenters. The van der Waals surface area contributed by atoms with E-state index < -0.39 is 17.9 Å². The number of carbonyl (C=O) groups is 1. The number of hydrogen-bond donors (Lipinski definition) is 2. The zero-order chi connectivity index (χ0) is 18.6. The minimum Gasteiger partial charge on any atom is -0.497 e. The summed E-state index contributed by atoms with van der Waals surface area (Å²) in [6, 6.07) is 10.3. The summed E-state index contributed by atoms with van der Waals surface area (Å²) < 4.78 is 15.9. The highest BCUT2D eigenvalue weighted by Gasteiger charge is 2.24. The molecule has 6 heteroatoms. The summed E-state index contributed by atoms with van der Waals surface area (Å²) in [4.78, 5) is 11.4. The fourth-order valence-corrected chi connectivity index (χ4v) is 2.65. The van der Waals surface area contributed by atoms with Gasteiger partial charge in [-0.1, -0.05) is 12.1 Å². The number of benzene rings is 2. The Kier molecular flexibility index (Phi) is 5.88. The third kappa shape index (κ3) is 3.85. The van der Waals surface area contributed by atoms with E-state index in [0.717, 1.165) is 11.3 Å². The van der Waals surface area contributed by atoms with Crippen LogP contribution in [-0.2, 0) is 4.79 Å². The van der Waals surface area contributed by atoms with Gasteiger partial charge in [0.15, 0.2) is 0 Å². The minimum atomic E-state index is -0.938. The minimum absolute atomic E-state index is 0.456. The van der Waals surface area contributed by atoms with E-state index in [1.807, 2.05) is 24.3 Å². The first-order valence-corrected chi connectivity index (χ1v) is 7.81. The highest BCUT2D eigenvalue weighted by molar-refractivity contribution is 5.77. The largest absolute Gasteiger partial charge is 0.497 e. The maximum absolute atomic E-state index is 11.4.